The van der Waals surface area contributed by atoms with Gasteiger partial charge in [0.05, 0.1) is 18.4 Å². The Morgan fingerprint density at radius 2 is 1.86 bits per heavy atom. The third-order valence-electron chi connectivity index (χ3n) is 5.03. The Kier molecular flexibility index (Phi) is 7.12. The van der Waals surface area contributed by atoms with Gasteiger partial charge in [0, 0.05) is 11.7 Å². The summed E-state index contributed by atoms with van der Waals surface area (Å²) in [7, 11) is 0. The number of esters is 1. The van der Waals surface area contributed by atoms with Crippen molar-refractivity contribution < 1.29 is 18.7 Å². The molecule has 2 N–H and O–H groups in total. The van der Waals surface area contributed by atoms with E-state index in [0.717, 1.165) is 31.4 Å². The van der Waals surface area contributed by atoms with Crippen LogP contribution in [0.5, 0.6) is 0 Å². The molecular formula is C22H28N2O4. The number of carbonyl (C=O) groups is 2. The van der Waals surface area contributed by atoms with Crippen LogP contribution in [0.1, 0.15) is 61.6 Å². The van der Waals surface area contributed by atoms with E-state index in [-0.39, 0.29) is 11.9 Å². The van der Waals surface area contributed by atoms with Gasteiger partial charge < -0.3 is 19.8 Å². The Labute approximate surface area is 165 Å². The molecule has 1 aromatic carbocycles. The van der Waals surface area contributed by atoms with Gasteiger partial charge in [-0.15, -0.1) is 0 Å². The molecular weight excluding hydrogens is 356 g/mol. The fourth-order valence-corrected chi connectivity index (χ4v) is 3.43. The number of para-hydroxylation sites is 1. The molecule has 2 aromatic rings. The highest BCUT2D eigenvalue weighted by Gasteiger charge is 2.23. The van der Waals surface area contributed by atoms with E-state index in [4.69, 9.17) is 9.15 Å². The van der Waals surface area contributed by atoms with Gasteiger partial charge in [-0.05, 0) is 44.0 Å². The summed E-state index contributed by atoms with van der Waals surface area (Å²) in [5.41, 5.74) is 1.03. The van der Waals surface area contributed by atoms with Gasteiger partial charge in [-0.1, -0.05) is 37.8 Å². The van der Waals surface area contributed by atoms with Crippen LogP contribution in [0.2, 0.25) is 0 Å². The van der Waals surface area contributed by atoms with Crippen LogP contribution in [-0.4, -0.2) is 24.0 Å². The first-order chi connectivity index (χ1) is 13.6. The second-order valence-corrected chi connectivity index (χ2v) is 7.22. The number of hydrogen-bond donors (Lipinski definition) is 2. The SMILES string of the molecule is C[C@@H](OC(=O)c1ccccc1NCc1ccco1)C(=O)NC1CCCCCC1. The first kappa shape index (κ1) is 20.0. The van der Waals surface area contributed by atoms with Crippen molar-refractivity contribution in [3.05, 3.63) is 54.0 Å². The molecule has 0 spiro atoms. The molecule has 1 amide bonds. The smallest absolute Gasteiger partial charge is 0.341 e. The fourth-order valence-electron chi connectivity index (χ4n) is 3.43. The quantitative estimate of drug-likeness (QED) is 0.550. The Bertz CT molecular complexity index is 765. The van der Waals surface area contributed by atoms with Gasteiger partial charge in [0.2, 0.25) is 0 Å². The van der Waals surface area contributed by atoms with E-state index in [9.17, 15) is 9.59 Å². The van der Waals surface area contributed by atoms with Crippen molar-refractivity contribution in [1.82, 2.24) is 5.32 Å². The molecule has 1 aliphatic rings. The Morgan fingerprint density at radius 3 is 2.57 bits per heavy atom. The summed E-state index contributed by atoms with van der Waals surface area (Å²) in [4.78, 5) is 25.1. The van der Waals surface area contributed by atoms with Crippen LogP contribution in [0, 0.1) is 0 Å². The average molecular weight is 384 g/mol. The summed E-state index contributed by atoms with van der Waals surface area (Å²) in [6.45, 7) is 2.07. The van der Waals surface area contributed by atoms with Gasteiger partial charge in [0.25, 0.3) is 5.91 Å². The number of carbonyl (C=O) groups excluding carboxylic acids is 2. The molecule has 1 aliphatic carbocycles. The predicted molar refractivity (Wildman–Crippen MR) is 107 cm³/mol. The lowest BCUT2D eigenvalue weighted by molar-refractivity contribution is -0.129. The minimum atomic E-state index is -0.839. The van der Waals surface area contributed by atoms with Gasteiger partial charge in [-0.2, -0.15) is 0 Å². The van der Waals surface area contributed by atoms with E-state index in [1.807, 2.05) is 18.2 Å². The summed E-state index contributed by atoms with van der Waals surface area (Å²) < 4.78 is 10.7. The Balaban J connectivity index is 1.56. The lowest BCUT2D eigenvalue weighted by atomic mass is 10.1. The topological polar surface area (TPSA) is 80.6 Å². The van der Waals surface area contributed by atoms with Gasteiger partial charge in [-0.3, -0.25) is 4.79 Å². The number of ether oxygens (including phenoxy) is 1. The normalized spacial score (nSPS) is 16.0. The minimum Gasteiger partial charge on any atom is -0.467 e. The zero-order valence-corrected chi connectivity index (χ0v) is 16.3. The van der Waals surface area contributed by atoms with Crippen LogP contribution in [0.3, 0.4) is 0 Å². The summed E-state index contributed by atoms with van der Waals surface area (Å²) in [5.74, 6) is 0.00616. The maximum absolute atomic E-state index is 12.6. The second kappa shape index (κ2) is 9.97. The number of amides is 1. The van der Waals surface area contributed by atoms with E-state index in [2.05, 4.69) is 10.6 Å². The lowest BCUT2D eigenvalue weighted by Crippen LogP contribution is -2.41. The second-order valence-electron chi connectivity index (χ2n) is 7.22. The highest BCUT2D eigenvalue weighted by Crippen LogP contribution is 2.19. The van der Waals surface area contributed by atoms with Crippen LogP contribution in [-0.2, 0) is 16.1 Å². The van der Waals surface area contributed by atoms with Gasteiger partial charge in [0.1, 0.15) is 5.76 Å². The first-order valence-corrected chi connectivity index (χ1v) is 10.00. The molecule has 3 rings (SSSR count). The number of rotatable bonds is 7. The fraction of sp³-hybridized carbons (Fsp3) is 0.455. The van der Waals surface area contributed by atoms with Crippen molar-refractivity contribution in [2.75, 3.05) is 5.32 Å². The third-order valence-corrected chi connectivity index (χ3v) is 5.03. The van der Waals surface area contributed by atoms with E-state index >= 15 is 0 Å². The van der Waals surface area contributed by atoms with Crippen molar-refractivity contribution in [2.45, 2.75) is 64.1 Å². The zero-order valence-electron chi connectivity index (χ0n) is 16.3. The molecule has 1 fully saturated rings. The van der Waals surface area contributed by atoms with Crippen molar-refractivity contribution in [2.24, 2.45) is 0 Å². The molecule has 0 aliphatic heterocycles. The van der Waals surface area contributed by atoms with Crippen LogP contribution in [0.25, 0.3) is 0 Å². The number of benzene rings is 1. The number of hydrogen-bond acceptors (Lipinski definition) is 5. The maximum atomic E-state index is 12.6. The molecule has 0 unspecified atom stereocenters. The molecule has 6 heteroatoms. The average Bonchev–Trinajstić information content (AvgIpc) is 3.10. The van der Waals surface area contributed by atoms with E-state index in [1.54, 1.807) is 31.4 Å². The molecule has 28 heavy (non-hydrogen) atoms. The first-order valence-electron chi connectivity index (χ1n) is 10.00. The minimum absolute atomic E-state index is 0.179. The summed E-state index contributed by atoms with van der Waals surface area (Å²) in [6, 6.07) is 10.9. The van der Waals surface area contributed by atoms with Gasteiger partial charge in [-0.25, -0.2) is 4.79 Å². The van der Waals surface area contributed by atoms with Crippen molar-refractivity contribution in [1.29, 1.82) is 0 Å². The van der Waals surface area contributed by atoms with Gasteiger partial charge in [0.15, 0.2) is 6.10 Å². The molecule has 6 nitrogen and oxygen atoms in total. The van der Waals surface area contributed by atoms with Crippen LogP contribution in [0.15, 0.2) is 47.1 Å². The molecule has 1 atom stereocenters. The van der Waals surface area contributed by atoms with Crippen molar-refractivity contribution in [3.63, 3.8) is 0 Å². The Hall–Kier alpha value is -2.76. The van der Waals surface area contributed by atoms with E-state index < -0.39 is 12.1 Å². The van der Waals surface area contributed by atoms with Gasteiger partial charge >= 0.3 is 5.97 Å². The summed E-state index contributed by atoms with van der Waals surface area (Å²) in [6.07, 6.45) is 7.46. The standard InChI is InChI=1S/C22H28N2O4/c1-16(21(25)24-17-9-4-2-3-5-10-17)28-22(26)19-12-6-7-13-20(19)23-15-18-11-8-14-27-18/h6-8,11-14,16-17,23H,2-5,9-10,15H2,1H3,(H,24,25)/t16-/m1/s1. The zero-order chi connectivity index (χ0) is 19.8. The predicted octanol–water partition coefficient (Wildman–Crippen LogP) is 4.28. The number of anilines is 1. The number of furan rings is 1. The monoisotopic (exact) mass is 384 g/mol. The number of nitrogens with one attached hydrogen (secondary N) is 2. The summed E-state index contributed by atoms with van der Waals surface area (Å²) in [5, 5.41) is 6.21. The molecule has 0 radical (unpaired) electrons. The van der Waals surface area contributed by atoms with E-state index in [1.165, 1.54) is 12.8 Å². The lowest BCUT2D eigenvalue weighted by Gasteiger charge is -2.20. The van der Waals surface area contributed by atoms with E-state index in [0.29, 0.717) is 17.8 Å². The van der Waals surface area contributed by atoms with Crippen LogP contribution >= 0.6 is 0 Å². The molecule has 0 bridgehead atoms. The maximum Gasteiger partial charge on any atom is 0.341 e. The molecule has 1 heterocycles. The highest BCUT2D eigenvalue weighted by atomic mass is 16.5. The Morgan fingerprint density at radius 1 is 1.11 bits per heavy atom. The molecule has 150 valence electrons. The highest BCUT2D eigenvalue weighted by molar-refractivity contribution is 5.97. The molecule has 1 aromatic heterocycles. The third kappa shape index (κ3) is 5.62. The largest absolute Gasteiger partial charge is 0.467 e. The molecule has 1 saturated carbocycles. The van der Waals surface area contributed by atoms with Crippen LogP contribution < -0.4 is 10.6 Å². The van der Waals surface area contributed by atoms with Crippen LogP contribution in [0.4, 0.5) is 5.69 Å². The van der Waals surface area contributed by atoms with Crippen molar-refractivity contribution >= 4 is 17.6 Å². The summed E-state index contributed by atoms with van der Waals surface area (Å²) >= 11 is 0. The molecule has 0 saturated heterocycles. The van der Waals surface area contributed by atoms with Crippen molar-refractivity contribution in [3.8, 4) is 0 Å².